The Balaban J connectivity index is 2.39. The van der Waals surface area contributed by atoms with Crippen LogP contribution in [0.15, 0.2) is 52.3 Å². The van der Waals surface area contributed by atoms with Crippen LogP contribution in [-0.2, 0) is 10.0 Å². The Morgan fingerprint density at radius 2 is 1.89 bits per heavy atom. The van der Waals surface area contributed by atoms with Crippen molar-refractivity contribution in [1.82, 2.24) is 0 Å². The quantitative estimate of drug-likeness (QED) is 0.411. The Labute approximate surface area is 156 Å². The lowest BCUT2D eigenvalue weighted by Gasteiger charge is -2.13. The average molecular weight is 422 g/mol. The van der Waals surface area contributed by atoms with Crippen LogP contribution in [0, 0.1) is 10.1 Å². The van der Waals surface area contributed by atoms with Crippen LogP contribution in [0.1, 0.15) is 0 Å². The molecule has 0 saturated heterocycles. The van der Waals surface area contributed by atoms with Gasteiger partial charge in [0.15, 0.2) is 4.90 Å². The number of nitrogens with one attached hydrogen (secondary N) is 1. The van der Waals surface area contributed by atoms with Gasteiger partial charge in [0.2, 0.25) is 0 Å². The highest BCUT2D eigenvalue weighted by Gasteiger charge is 2.29. The van der Waals surface area contributed by atoms with E-state index < -0.39 is 37.5 Å². The number of hydrogen-bond donors (Lipinski definition) is 1. The highest BCUT2D eigenvalue weighted by atomic mass is 32.2. The molecule has 0 unspecified atom stereocenters. The second kappa shape index (κ2) is 8.05. The number of alkyl halides is 3. The molecule has 0 bridgehead atoms. The van der Waals surface area contributed by atoms with Gasteiger partial charge in [-0.15, -0.1) is 11.8 Å². The second-order valence-electron chi connectivity index (χ2n) is 5.10. The maximum absolute atomic E-state index is 12.6. The number of methoxy groups -OCH3 is 1. The van der Waals surface area contributed by atoms with Gasteiger partial charge in [-0.3, -0.25) is 14.8 Å². The highest BCUT2D eigenvalue weighted by molar-refractivity contribution is 7.99. The number of nitrogens with zero attached hydrogens (tertiary/aromatic N) is 1. The van der Waals surface area contributed by atoms with Crippen molar-refractivity contribution in [2.75, 3.05) is 17.6 Å². The summed E-state index contributed by atoms with van der Waals surface area (Å²) in [5, 5.41) is 11.2. The first-order valence-electron chi connectivity index (χ1n) is 7.17. The summed E-state index contributed by atoms with van der Waals surface area (Å²) in [6, 6.07) is 8.63. The number of anilines is 1. The zero-order chi connectivity index (χ0) is 20.2. The van der Waals surface area contributed by atoms with Crippen molar-refractivity contribution in [3.63, 3.8) is 0 Å². The number of halogens is 3. The number of para-hydroxylation sites is 1. The van der Waals surface area contributed by atoms with E-state index in [4.69, 9.17) is 4.74 Å². The minimum absolute atomic E-state index is 0.0366. The molecular weight excluding hydrogens is 409 g/mol. The van der Waals surface area contributed by atoms with E-state index in [0.29, 0.717) is 11.8 Å². The monoisotopic (exact) mass is 422 g/mol. The molecule has 2 rings (SSSR count). The first-order valence-corrected chi connectivity index (χ1v) is 9.64. The summed E-state index contributed by atoms with van der Waals surface area (Å²) in [5.74, 6) is -1.13. The number of hydrogen-bond acceptors (Lipinski definition) is 6. The van der Waals surface area contributed by atoms with Gasteiger partial charge >= 0.3 is 6.18 Å². The summed E-state index contributed by atoms with van der Waals surface area (Å²) in [6.45, 7) is 0. The Hall–Kier alpha value is -2.47. The first-order chi connectivity index (χ1) is 12.5. The van der Waals surface area contributed by atoms with Crippen molar-refractivity contribution in [3.8, 4) is 5.75 Å². The minimum Gasteiger partial charge on any atom is -0.497 e. The summed E-state index contributed by atoms with van der Waals surface area (Å²) < 4.78 is 69.5. The van der Waals surface area contributed by atoms with Gasteiger partial charge in [0, 0.05) is 4.90 Å². The SMILES string of the molecule is COc1ccc(S(=O)(=O)Nc2ccccc2SCC(F)(F)F)c([N+](=O)[O-])c1. The van der Waals surface area contributed by atoms with E-state index in [1.807, 2.05) is 0 Å². The van der Waals surface area contributed by atoms with Crippen molar-refractivity contribution in [1.29, 1.82) is 0 Å². The van der Waals surface area contributed by atoms with Crippen LogP contribution < -0.4 is 9.46 Å². The molecule has 0 aliphatic rings. The van der Waals surface area contributed by atoms with Gasteiger partial charge in [-0.1, -0.05) is 12.1 Å². The molecule has 7 nitrogen and oxygen atoms in total. The molecule has 0 heterocycles. The molecule has 2 aromatic rings. The van der Waals surface area contributed by atoms with Crippen molar-refractivity contribution < 1.29 is 31.2 Å². The maximum atomic E-state index is 12.6. The molecule has 1 N–H and O–H groups in total. The molecule has 0 spiro atoms. The van der Waals surface area contributed by atoms with Gasteiger partial charge < -0.3 is 4.74 Å². The number of nitro benzene ring substituents is 1. The molecule has 0 radical (unpaired) electrons. The number of sulfonamides is 1. The standard InChI is InChI=1S/C15H13F3N2O5S2/c1-25-10-6-7-14(12(8-10)20(21)22)27(23,24)19-11-4-2-3-5-13(11)26-9-15(16,17)18/h2-8,19H,9H2,1H3. The lowest BCUT2D eigenvalue weighted by molar-refractivity contribution is -0.387. The molecule has 0 aliphatic heterocycles. The van der Waals surface area contributed by atoms with Crippen LogP contribution in [-0.4, -0.2) is 32.4 Å². The van der Waals surface area contributed by atoms with Gasteiger partial charge in [0.1, 0.15) is 5.75 Å². The molecule has 27 heavy (non-hydrogen) atoms. The summed E-state index contributed by atoms with van der Waals surface area (Å²) in [6.07, 6.45) is -4.44. The fraction of sp³-hybridized carbons (Fsp3) is 0.200. The van der Waals surface area contributed by atoms with Crippen molar-refractivity contribution >= 4 is 33.2 Å². The van der Waals surface area contributed by atoms with Crippen LogP contribution >= 0.6 is 11.8 Å². The van der Waals surface area contributed by atoms with E-state index in [2.05, 4.69) is 4.72 Å². The van der Waals surface area contributed by atoms with Crippen LogP contribution in [0.25, 0.3) is 0 Å². The lowest BCUT2D eigenvalue weighted by atomic mass is 10.3. The predicted molar refractivity (Wildman–Crippen MR) is 93.7 cm³/mol. The smallest absolute Gasteiger partial charge is 0.398 e. The molecule has 2 aromatic carbocycles. The average Bonchev–Trinajstić information content (AvgIpc) is 2.59. The summed E-state index contributed by atoms with van der Waals surface area (Å²) in [4.78, 5) is 9.71. The Morgan fingerprint density at radius 1 is 1.22 bits per heavy atom. The maximum Gasteiger partial charge on any atom is 0.398 e. The number of ether oxygens (including phenoxy) is 1. The van der Waals surface area contributed by atoms with Gasteiger partial charge in [-0.05, 0) is 24.3 Å². The van der Waals surface area contributed by atoms with Crippen LogP contribution in [0.2, 0.25) is 0 Å². The molecule has 0 amide bonds. The summed E-state index contributed by atoms with van der Waals surface area (Å²) >= 11 is 0.401. The number of nitro groups is 1. The van der Waals surface area contributed by atoms with E-state index in [9.17, 15) is 31.7 Å². The number of rotatable bonds is 7. The van der Waals surface area contributed by atoms with E-state index in [0.717, 1.165) is 12.1 Å². The predicted octanol–water partition coefficient (Wildman–Crippen LogP) is 4.06. The second-order valence-corrected chi connectivity index (χ2v) is 7.76. The third-order valence-electron chi connectivity index (χ3n) is 3.18. The molecule has 0 aliphatic carbocycles. The molecule has 0 saturated carbocycles. The number of thioether (sulfide) groups is 1. The molecule has 0 aromatic heterocycles. The normalized spacial score (nSPS) is 11.9. The molecule has 146 valence electrons. The van der Waals surface area contributed by atoms with E-state index >= 15 is 0 Å². The summed E-state index contributed by atoms with van der Waals surface area (Å²) in [5.41, 5.74) is -0.834. The highest BCUT2D eigenvalue weighted by Crippen LogP contribution is 2.35. The molecule has 0 atom stereocenters. The first kappa shape index (κ1) is 20.8. The van der Waals surface area contributed by atoms with E-state index in [-0.39, 0.29) is 16.3 Å². The zero-order valence-electron chi connectivity index (χ0n) is 13.7. The van der Waals surface area contributed by atoms with E-state index in [1.165, 1.54) is 37.4 Å². The van der Waals surface area contributed by atoms with Crippen LogP contribution in [0.5, 0.6) is 5.75 Å². The summed E-state index contributed by atoms with van der Waals surface area (Å²) in [7, 11) is -3.17. The van der Waals surface area contributed by atoms with Gasteiger partial charge in [0.05, 0.1) is 29.5 Å². The van der Waals surface area contributed by atoms with Crippen molar-refractivity contribution in [3.05, 3.63) is 52.6 Å². The Kier molecular flexibility index (Phi) is 6.21. The largest absolute Gasteiger partial charge is 0.497 e. The van der Waals surface area contributed by atoms with Gasteiger partial charge in [0.25, 0.3) is 15.7 Å². The van der Waals surface area contributed by atoms with Crippen molar-refractivity contribution in [2.45, 2.75) is 16.0 Å². The third-order valence-corrected chi connectivity index (χ3v) is 5.73. The fourth-order valence-corrected chi connectivity index (χ4v) is 4.10. The zero-order valence-corrected chi connectivity index (χ0v) is 15.3. The topological polar surface area (TPSA) is 98.5 Å². The van der Waals surface area contributed by atoms with Crippen LogP contribution in [0.3, 0.4) is 0 Å². The van der Waals surface area contributed by atoms with Gasteiger partial charge in [-0.2, -0.15) is 13.2 Å². The number of benzene rings is 2. The van der Waals surface area contributed by atoms with Gasteiger partial charge in [-0.25, -0.2) is 8.42 Å². The fourth-order valence-electron chi connectivity index (χ4n) is 2.03. The lowest BCUT2D eigenvalue weighted by Crippen LogP contribution is -2.16. The molecule has 0 fully saturated rings. The molecule has 12 heteroatoms. The minimum atomic E-state index is -4.44. The Morgan fingerprint density at radius 3 is 2.48 bits per heavy atom. The van der Waals surface area contributed by atoms with Crippen LogP contribution in [0.4, 0.5) is 24.5 Å². The molecular formula is C15H13F3N2O5S2. The van der Waals surface area contributed by atoms with Crippen molar-refractivity contribution in [2.24, 2.45) is 0 Å². The Bertz CT molecular complexity index is 949. The van der Waals surface area contributed by atoms with E-state index in [1.54, 1.807) is 0 Å². The third kappa shape index (κ3) is 5.50.